The zero-order valence-electron chi connectivity index (χ0n) is 13.0. The fourth-order valence-corrected chi connectivity index (χ4v) is 0.500. The van der Waals surface area contributed by atoms with Crippen LogP contribution in [0.4, 0.5) is 13.2 Å². The lowest BCUT2D eigenvalue weighted by atomic mass is 10.2. The fraction of sp³-hybridized carbons (Fsp3) is 0.923. The van der Waals surface area contributed by atoms with Crippen LogP contribution in [0.25, 0.3) is 0 Å². The standard InChI is InChI=1S/C6H14.C3H8O.C2HF3O2.C2H6O/c1-3-5-6-4-2;1-3(2)4;3-2(4,5)1(6)7;1-2-3/h3-6H2,1-2H3;3-4H,1-2H3;(H,6,7);3H,2H2,1H3. The van der Waals surface area contributed by atoms with Gasteiger partial charge in [-0.05, 0) is 20.8 Å². The smallest absolute Gasteiger partial charge is 0.475 e. The minimum Gasteiger partial charge on any atom is -0.475 e. The summed E-state index contributed by atoms with van der Waals surface area (Å²) >= 11 is 0. The van der Waals surface area contributed by atoms with Crippen molar-refractivity contribution in [2.45, 2.75) is 72.6 Å². The number of hydrogen-bond acceptors (Lipinski definition) is 3. The van der Waals surface area contributed by atoms with Crippen LogP contribution in [-0.2, 0) is 4.79 Å². The molecule has 126 valence electrons. The molecule has 0 aromatic heterocycles. The van der Waals surface area contributed by atoms with Gasteiger partial charge in [0.2, 0.25) is 0 Å². The lowest BCUT2D eigenvalue weighted by Crippen LogP contribution is -2.21. The van der Waals surface area contributed by atoms with Crippen LogP contribution in [-0.4, -0.2) is 40.2 Å². The van der Waals surface area contributed by atoms with E-state index in [2.05, 4.69) is 13.8 Å². The van der Waals surface area contributed by atoms with Crippen LogP contribution in [0.2, 0.25) is 0 Å². The van der Waals surface area contributed by atoms with E-state index < -0.39 is 12.1 Å². The number of carbonyl (C=O) groups is 1. The monoisotopic (exact) mass is 306 g/mol. The Kier molecular flexibility index (Phi) is 28.2. The number of aliphatic hydroxyl groups excluding tert-OH is 2. The van der Waals surface area contributed by atoms with Crippen LogP contribution in [0, 0.1) is 0 Å². The molecule has 7 heteroatoms. The van der Waals surface area contributed by atoms with Gasteiger partial charge >= 0.3 is 12.1 Å². The summed E-state index contributed by atoms with van der Waals surface area (Å²) in [4.78, 5) is 8.90. The Balaban J connectivity index is -0.0000000899. The molecule has 0 aromatic carbocycles. The van der Waals surface area contributed by atoms with E-state index in [0.717, 1.165) is 0 Å². The second-order valence-corrected chi connectivity index (χ2v) is 3.92. The molecule has 0 aliphatic heterocycles. The lowest BCUT2D eigenvalue weighted by Gasteiger charge is -1.93. The SMILES string of the molecule is CC(C)O.CCCCCC.CCO.O=C(O)C(F)(F)F. The van der Waals surface area contributed by atoms with Gasteiger partial charge in [0.15, 0.2) is 0 Å². The summed E-state index contributed by atoms with van der Waals surface area (Å²) in [5.41, 5.74) is 0. The van der Waals surface area contributed by atoms with Gasteiger partial charge in [-0.25, -0.2) is 4.79 Å². The van der Waals surface area contributed by atoms with Crippen molar-refractivity contribution in [3.8, 4) is 0 Å². The largest absolute Gasteiger partial charge is 0.490 e. The van der Waals surface area contributed by atoms with E-state index in [0.29, 0.717) is 0 Å². The van der Waals surface area contributed by atoms with Gasteiger partial charge in [0.1, 0.15) is 0 Å². The summed E-state index contributed by atoms with van der Waals surface area (Å²) in [6.07, 6.45) is 0.286. The number of unbranched alkanes of at least 4 members (excludes halogenated alkanes) is 3. The average Bonchev–Trinajstić information content (AvgIpc) is 2.26. The average molecular weight is 306 g/mol. The van der Waals surface area contributed by atoms with Crippen molar-refractivity contribution >= 4 is 5.97 Å². The van der Waals surface area contributed by atoms with Crippen LogP contribution in [0.1, 0.15) is 60.3 Å². The van der Waals surface area contributed by atoms with Crippen molar-refractivity contribution in [3.63, 3.8) is 0 Å². The van der Waals surface area contributed by atoms with Gasteiger partial charge < -0.3 is 15.3 Å². The van der Waals surface area contributed by atoms with Crippen LogP contribution in [0.5, 0.6) is 0 Å². The molecule has 0 spiro atoms. The van der Waals surface area contributed by atoms with E-state index >= 15 is 0 Å². The predicted octanol–water partition coefficient (Wildman–Crippen LogP) is 3.61. The van der Waals surface area contributed by atoms with Gasteiger partial charge in [0.05, 0.1) is 0 Å². The molecule has 3 N–H and O–H groups in total. The van der Waals surface area contributed by atoms with Crippen molar-refractivity contribution in [1.82, 2.24) is 0 Å². The Hall–Kier alpha value is -0.820. The quantitative estimate of drug-likeness (QED) is 0.696. The molecule has 0 amide bonds. The molecule has 0 atom stereocenters. The van der Waals surface area contributed by atoms with E-state index in [1.807, 2.05) is 0 Å². The number of hydrogen-bond donors (Lipinski definition) is 3. The molecule has 0 fully saturated rings. The summed E-state index contributed by atoms with van der Waals surface area (Å²) in [6.45, 7) is 9.84. The maximum Gasteiger partial charge on any atom is 0.490 e. The molecule has 0 unspecified atom stereocenters. The number of aliphatic carboxylic acids is 1. The molecule has 0 bridgehead atoms. The number of carboxylic acid groups (broad SMARTS) is 1. The number of halogens is 3. The minimum absolute atomic E-state index is 0.167. The Morgan fingerprint density at radius 1 is 1.05 bits per heavy atom. The Morgan fingerprint density at radius 2 is 1.20 bits per heavy atom. The fourth-order valence-electron chi connectivity index (χ4n) is 0.500. The Bertz CT molecular complexity index is 176. The normalized spacial score (nSPS) is 9.35. The number of alkyl halides is 3. The van der Waals surface area contributed by atoms with Crippen molar-refractivity contribution < 1.29 is 33.3 Å². The van der Waals surface area contributed by atoms with Crippen LogP contribution in [0.3, 0.4) is 0 Å². The van der Waals surface area contributed by atoms with E-state index in [9.17, 15) is 13.2 Å². The highest BCUT2D eigenvalue weighted by atomic mass is 19.4. The second-order valence-electron chi connectivity index (χ2n) is 3.92. The third-order valence-electron chi connectivity index (χ3n) is 1.20. The third-order valence-corrected chi connectivity index (χ3v) is 1.20. The molecule has 0 heterocycles. The molecular weight excluding hydrogens is 277 g/mol. The molecule has 4 nitrogen and oxygen atoms in total. The van der Waals surface area contributed by atoms with Gasteiger partial charge in [0, 0.05) is 12.7 Å². The van der Waals surface area contributed by atoms with Crippen molar-refractivity contribution in [3.05, 3.63) is 0 Å². The molecule has 0 aliphatic carbocycles. The summed E-state index contributed by atoms with van der Waals surface area (Å²) in [6, 6.07) is 0. The minimum atomic E-state index is -5.08. The second kappa shape index (κ2) is 20.5. The molecular formula is C13H29F3O4. The zero-order chi connectivity index (χ0) is 17.2. The highest BCUT2D eigenvalue weighted by Crippen LogP contribution is 2.13. The van der Waals surface area contributed by atoms with Gasteiger partial charge in [-0.2, -0.15) is 13.2 Å². The summed E-state index contributed by atoms with van der Waals surface area (Å²) in [5, 5.41) is 22.8. The van der Waals surface area contributed by atoms with E-state index in [1.165, 1.54) is 25.7 Å². The van der Waals surface area contributed by atoms with Gasteiger partial charge in [-0.1, -0.05) is 39.5 Å². The summed E-state index contributed by atoms with van der Waals surface area (Å²) in [5.74, 6) is -2.76. The first-order valence-electron chi connectivity index (χ1n) is 6.60. The van der Waals surface area contributed by atoms with Crippen LogP contribution >= 0.6 is 0 Å². The van der Waals surface area contributed by atoms with Crippen molar-refractivity contribution in [2.75, 3.05) is 6.61 Å². The topological polar surface area (TPSA) is 77.8 Å². The van der Waals surface area contributed by atoms with Gasteiger partial charge in [-0.3, -0.25) is 0 Å². The first-order valence-corrected chi connectivity index (χ1v) is 6.60. The molecule has 0 aromatic rings. The van der Waals surface area contributed by atoms with Crippen molar-refractivity contribution in [1.29, 1.82) is 0 Å². The van der Waals surface area contributed by atoms with E-state index in [-0.39, 0.29) is 12.7 Å². The number of rotatable bonds is 3. The van der Waals surface area contributed by atoms with Crippen LogP contribution < -0.4 is 0 Å². The first kappa shape index (κ1) is 27.5. The van der Waals surface area contributed by atoms with Gasteiger partial charge in [-0.15, -0.1) is 0 Å². The molecule has 0 rings (SSSR count). The number of carboxylic acids is 1. The first-order chi connectivity index (χ1) is 9.00. The van der Waals surface area contributed by atoms with Gasteiger partial charge in [0.25, 0.3) is 0 Å². The maximum atomic E-state index is 10.6. The highest BCUT2D eigenvalue weighted by Gasteiger charge is 2.38. The molecule has 0 saturated carbocycles. The Labute approximate surface area is 119 Å². The molecule has 20 heavy (non-hydrogen) atoms. The molecule has 0 saturated heterocycles. The maximum absolute atomic E-state index is 10.6. The number of aliphatic hydroxyl groups is 2. The third kappa shape index (κ3) is 67.2. The van der Waals surface area contributed by atoms with Crippen LogP contribution in [0.15, 0.2) is 0 Å². The highest BCUT2D eigenvalue weighted by molar-refractivity contribution is 5.73. The Morgan fingerprint density at radius 3 is 1.25 bits per heavy atom. The molecule has 0 radical (unpaired) electrons. The molecule has 0 aliphatic rings. The lowest BCUT2D eigenvalue weighted by molar-refractivity contribution is -0.192. The summed E-state index contributed by atoms with van der Waals surface area (Å²) in [7, 11) is 0. The van der Waals surface area contributed by atoms with E-state index in [1.54, 1.807) is 20.8 Å². The summed E-state index contributed by atoms with van der Waals surface area (Å²) < 4.78 is 31.7. The zero-order valence-corrected chi connectivity index (χ0v) is 13.0. The predicted molar refractivity (Wildman–Crippen MR) is 73.6 cm³/mol. The van der Waals surface area contributed by atoms with E-state index in [4.69, 9.17) is 20.1 Å². The van der Waals surface area contributed by atoms with Crippen molar-refractivity contribution in [2.24, 2.45) is 0 Å².